The minimum absolute atomic E-state index is 0.0761. The Hall–Kier alpha value is -6.31. The van der Waals surface area contributed by atoms with E-state index in [1.165, 1.54) is 32.6 Å². The highest BCUT2D eigenvalue weighted by Crippen LogP contribution is 2.31. The zero-order valence-electron chi connectivity index (χ0n) is 54.7. The first kappa shape index (κ1) is 79.9. The first-order valence-electron chi connectivity index (χ1n) is 31.2. The third kappa shape index (κ3) is 22.2. The van der Waals surface area contributed by atoms with Crippen LogP contribution in [0.1, 0.15) is 122 Å². The molecule has 3 rings (SSSR count). The molecule has 0 radical (unpaired) electrons. The first-order valence-corrected chi connectivity index (χ1v) is 31.2. The summed E-state index contributed by atoms with van der Waals surface area (Å²) in [5, 5.41) is 95.0. The maximum atomic E-state index is 14.3. The van der Waals surface area contributed by atoms with Crippen LogP contribution in [0.5, 0.6) is 0 Å². The molecule has 0 bridgehead atoms. The van der Waals surface area contributed by atoms with Gasteiger partial charge in [-0.2, -0.15) is 0 Å². The van der Waals surface area contributed by atoms with Crippen molar-refractivity contribution in [2.24, 2.45) is 35.1 Å². The van der Waals surface area contributed by atoms with Gasteiger partial charge in [-0.25, -0.2) is 4.79 Å². The second-order valence-electron chi connectivity index (χ2n) is 25.1. The molecule has 20 N–H and O–H groups in total. The second kappa shape index (κ2) is 37.0. The summed E-state index contributed by atoms with van der Waals surface area (Å²) in [6, 6.07) is -14.2. The normalized spacial score (nSPS) is 26.6. The minimum Gasteiger partial charge on any atom is -0.480 e. The second-order valence-corrected chi connectivity index (χ2v) is 25.1. The third-order valence-corrected chi connectivity index (χ3v) is 16.1. The number of unbranched alkanes of at least 4 members (excludes halogenated alkanes) is 1. The van der Waals surface area contributed by atoms with Gasteiger partial charge in [0.25, 0.3) is 0 Å². The van der Waals surface area contributed by atoms with E-state index in [4.69, 9.17) is 30.4 Å². The van der Waals surface area contributed by atoms with Gasteiger partial charge in [0.15, 0.2) is 12.6 Å². The maximum Gasteiger partial charge on any atom is 0.326 e. The number of aliphatic hydroxyl groups excluding tert-OH is 6. The molecule has 34 heteroatoms. The number of rotatable bonds is 34. The fraction of sp³-hybridized carbons (Fsp3) is 0.810. The van der Waals surface area contributed by atoms with Crippen molar-refractivity contribution < 1.29 is 107 Å². The van der Waals surface area contributed by atoms with E-state index < -0.39 is 230 Å². The quantitative estimate of drug-likeness (QED) is 0.0266. The highest BCUT2D eigenvalue weighted by molar-refractivity contribution is 5.98. The van der Waals surface area contributed by atoms with Crippen LogP contribution in [0, 0.1) is 23.7 Å². The Balaban J connectivity index is 1.65. The molecule has 92 heavy (non-hydrogen) atoms. The molecule has 3 fully saturated rings. The smallest absolute Gasteiger partial charge is 0.326 e. The number of ether oxygens (including phenoxy) is 4. The summed E-state index contributed by atoms with van der Waals surface area (Å²) < 4.78 is 23.1. The highest BCUT2D eigenvalue weighted by atomic mass is 16.7. The molecule has 3 aliphatic rings. The van der Waals surface area contributed by atoms with E-state index in [-0.39, 0.29) is 19.4 Å². The standard InChI is InChI=1S/C58H102N12O22/c1-23(2)37(52(83)63-28(10)48(79)65-32(56(87)88)17-14-15-19-59)67-54(85)39(25(5)6)68-53(84)38(24(3)4)66-49(80)29(11)61-47(78)27(9)62-50(81)33-18-16-20-70(33)55(86)40(26(7)8)69-51(82)36(60)30(12)89-57-41(64-31(13)73)46(43(75)35(22-72)90-57)92-58-45(77)44(76)42(74)34(21-71)91-58/h23-30,32-46,57-58,71-72,74-77H,14-22,59-60H2,1-13H3,(H,61,78)(H,62,81)(H,63,83)(H,64,73)(H,65,79)(H,66,80)(H,67,85)(H,68,84)(H,69,82)(H,87,88)/t27-,28-,29-,30+,32-,33-,34+,35+,36-,37-,38-,39-,40-,41+,42-,43-,44-,45+,46+,57-,58-/m0/s1. The van der Waals surface area contributed by atoms with E-state index in [0.29, 0.717) is 25.8 Å². The number of amides is 10. The van der Waals surface area contributed by atoms with Crippen LogP contribution in [-0.4, -0.2) is 260 Å². The maximum absolute atomic E-state index is 14.3. The number of nitrogens with two attached hydrogens (primary N) is 2. The van der Waals surface area contributed by atoms with Crippen LogP contribution in [0.15, 0.2) is 0 Å². The molecule has 0 spiro atoms. The van der Waals surface area contributed by atoms with E-state index in [1.807, 2.05) is 0 Å². The first-order chi connectivity index (χ1) is 42.9. The monoisotopic (exact) mass is 1320 g/mol. The summed E-state index contributed by atoms with van der Waals surface area (Å²) >= 11 is 0. The number of carboxylic acids is 1. The number of nitrogens with zero attached hydrogens (tertiary/aromatic N) is 1. The molecule has 3 aliphatic heterocycles. The van der Waals surface area contributed by atoms with Crippen molar-refractivity contribution in [3.8, 4) is 0 Å². The van der Waals surface area contributed by atoms with Gasteiger partial charge in [-0.3, -0.25) is 47.9 Å². The third-order valence-electron chi connectivity index (χ3n) is 16.1. The van der Waals surface area contributed by atoms with E-state index in [1.54, 1.807) is 55.4 Å². The molecule has 526 valence electrons. The SMILES string of the molecule is CC(=O)N[C@H]1[C@@H](O[C@H](C)[C@H](N)C(=O)N[C@H](C(=O)N2CCC[C@H]2C(=O)N[C@@H](C)C(=O)N[C@@H](C)C(=O)N[C@H](C(=O)N[C@H](C(=O)N[C@H](C(=O)N[C@@H](C)C(=O)N[C@@H](CCCCN)C(=O)O)C(C)C)C(C)C)C(C)C)C(C)C)O[C@H](CO)[C@H](O)[C@@H]1O[C@@H]1O[C@H](CO)[C@H](O)[C@H](O)[C@H]1O. The van der Waals surface area contributed by atoms with Gasteiger partial charge in [-0.15, -0.1) is 0 Å². The molecule has 0 saturated carbocycles. The number of aliphatic hydroxyl groups is 6. The number of hydrogen-bond donors (Lipinski definition) is 18. The number of likely N-dealkylation sites (tertiary alicyclic amines) is 1. The summed E-state index contributed by atoms with van der Waals surface area (Å²) in [6.45, 7) is 18.3. The average Bonchev–Trinajstić information content (AvgIpc) is 1.05. The van der Waals surface area contributed by atoms with E-state index in [0.717, 1.165) is 6.92 Å². The minimum atomic E-state index is -1.94. The lowest BCUT2D eigenvalue weighted by atomic mass is 9.95. The van der Waals surface area contributed by atoms with Gasteiger partial charge in [0.2, 0.25) is 59.1 Å². The predicted octanol–water partition coefficient (Wildman–Crippen LogP) is -6.75. The van der Waals surface area contributed by atoms with Crippen LogP contribution in [0.4, 0.5) is 0 Å². The Bertz CT molecular complexity index is 2510. The van der Waals surface area contributed by atoms with Gasteiger partial charge in [0, 0.05) is 13.5 Å². The molecule has 21 atom stereocenters. The molecule has 3 heterocycles. The molecule has 0 unspecified atom stereocenters. The summed E-state index contributed by atoms with van der Waals surface area (Å²) in [4.78, 5) is 149. The van der Waals surface area contributed by atoms with Crippen LogP contribution in [0.25, 0.3) is 0 Å². The van der Waals surface area contributed by atoms with Crippen LogP contribution in [-0.2, 0) is 71.7 Å². The number of carbonyl (C=O) groups excluding carboxylic acids is 10. The van der Waals surface area contributed by atoms with Crippen molar-refractivity contribution in [3.05, 3.63) is 0 Å². The van der Waals surface area contributed by atoms with Gasteiger partial charge >= 0.3 is 5.97 Å². The molecular formula is C58H102N12O22. The van der Waals surface area contributed by atoms with Gasteiger partial charge in [0.05, 0.1) is 19.3 Å². The molecule has 0 aromatic carbocycles. The zero-order chi connectivity index (χ0) is 69.9. The van der Waals surface area contributed by atoms with Crippen molar-refractivity contribution >= 4 is 65.0 Å². The van der Waals surface area contributed by atoms with Gasteiger partial charge in [-0.05, 0) is 90.0 Å². The Kier molecular flexibility index (Phi) is 32.1. The molecule has 10 amide bonds. The molecular weight excluding hydrogens is 1220 g/mol. The van der Waals surface area contributed by atoms with Crippen molar-refractivity contribution in [2.75, 3.05) is 26.3 Å². The molecule has 0 aromatic heterocycles. The van der Waals surface area contributed by atoms with Crippen molar-refractivity contribution in [2.45, 2.75) is 250 Å². The topological polar surface area (TPSA) is 530 Å². The van der Waals surface area contributed by atoms with Crippen LogP contribution >= 0.6 is 0 Å². The predicted molar refractivity (Wildman–Crippen MR) is 324 cm³/mol. The van der Waals surface area contributed by atoms with Gasteiger partial charge in [-0.1, -0.05) is 55.4 Å². The number of hydrogen-bond acceptors (Lipinski definition) is 23. The number of carbonyl (C=O) groups is 11. The van der Waals surface area contributed by atoms with Crippen LogP contribution in [0.3, 0.4) is 0 Å². The number of nitrogens with one attached hydrogen (secondary N) is 9. The zero-order valence-corrected chi connectivity index (χ0v) is 54.7. The lowest BCUT2D eigenvalue weighted by Gasteiger charge is -2.48. The average molecular weight is 1320 g/mol. The van der Waals surface area contributed by atoms with E-state index in [9.17, 15) is 88.5 Å². The van der Waals surface area contributed by atoms with Crippen molar-refractivity contribution in [3.63, 3.8) is 0 Å². The van der Waals surface area contributed by atoms with Crippen molar-refractivity contribution in [1.29, 1.82) is 0 Å². The fourth-order valence-electron chi connectivity index (χ4n) is 10.4. The summed E-state index contributed by atoms with van der Waals surface area (Å²) in [5.41, 5.74) is 11.9. The highest BCUT2D eigenvalue weighted by Gasteiger charge is 2.53. The molecule has 34 nitrogen and oxygen atoms in total. The number of carboxylic acid groups (broad SMARTS) is 1. The summed E-state index contributed by atoms with van der Waals surface area (Å²) in [5.74, 6) is -11.3. The van der Waals surface area contributed by atoms with Crippen LogP contribution < -0.4 is 59.3 Å². The molecule has 3 saturated heterocycles. The lowest BCUT2D eigenvalue weighted by molar-refractivity contribution is -0.347. The van der Waals surface area contributed by atoms with Crippen molar-refractivity contribution in [1.82, 2.24) is 52.8 Å². The fourth-order valence-corrected chi connectivity index (χ4v) is 10.4. The Labute approximate surface area is 535 Å². The van der Waals surface area contributed by atoms with Gasteiger partial charge < -0.3 is 119 Å². The van der Waals surface area contributed by atoms with E-state index >= 15 is 0 Å². The Morgan fingerprint density at radius 3 is 1.49 bits per heavy atom. The van der Waals surface area contributed by atoms with Gasteiger partial charge in [0.1, 0.15) is 109 Å². The number of aliphatic carboxylic acids is 1. The van der Waals surface area contributed by atoms with Crippen LogP contribution in [0.2, 0.25) is 0 Å². The molecule has 0 aliphatic carbocycles. The molecule has 0 aromatic rings. The summed E-state index contributed by atoms with van der Waals surface area (Å²) in [7, 11) is 0. The lowest BCUT2D eigenvalue weighted by Crippen LogP contribution is -2.68. The Morgan fingerprint density at radius 2 is 1.00 bits per heavy atom. The summed E-state index contributed by atoms with van der Waals surface area (Å²) in [6.07, 6.45) is -15.1. The van der Waals surface area contributed by atoms with E-state index in [2.05, 4.69) is 47.9 Å². The largest absolute Gasteiger partial charge is 0.480 e. The Morgan fingerprint density at radius 1 is 0.554 bits per heavy atom.